The lowest BCUT2D eigenvalue weighted by Crippen LogP contribution is -2.39. The largest absolute Gasteiger partial charge is 0.388 e. The van der Waals surface area contributed by atoms with Crippen LogP contribution in [-0.2, 0) is 18.6 Å². The molecule has 4 N–H and O–H groups in total. The number of aromatic amines is 1. The molecule has 0 radical (unpaired) electrons. The molecular formula is C19H32NO8P. The molecule has 1 aromatic rings. The highest BCUT2D eigenvalue weighted by Crippen LogP contribution is 2.52. The first-order valence-corrected chi connectivity index (χ1v) is 11.3. The van der Waals surface area contributed by atoms with Crippen molar-refractivity contribution in [2.75, 3.05) is 7.11 Å². The number of H-pyrrole nitrogens is 1. The van der Waals surface area contributed by atoms with Crippen LogP contribution in [0, 0.1) is 13.8 Å². The molecule has 1 aromatic heterocycles. The zero-order valence-corrected chi connectivity index (χ0v) is 18.6. The molecule has 166 valence electrons. The minimum atomic E-state index is -4.25. The third-order valence-corrected chi connectivity index (χ3v) is 7.23. The van der Waals surface area contributed by atoms with Crippen LogP contribution in [0.2, 0.25) is 0 Å². The summed E-state index contributed by atoms with van der Waals surface area (Å²) >= 11 is 0. The Hall–Kier alpha value is -1.06. The lowest BCUT2D eigenvalue weighted by molar-refractivity contribution is -0.0492. The van der Waals surface area contributed by atoms with Crippen molar-refractivity contribution in [3.63, 3.8) is 0 Å². The molecule has 4 unspecified atom stereocenters. The van der Waals surface area contributed by atoms with Gasteiger partial charge in [-0.05, 0) is 40.2 Å². The smallest absolute Gasteiger partial charge is 0.356 e. The van der Waals surface area contributed by atoms with Crippen LogP contribution >= 0.6 is 7.60 Å². The number of aliphatic hydroxyl groups is 2. The van der Waals surface area contributed by atoms with Gasteiger partial charge < -0.3 is 34.1 Å². The number of hydrogen-bond donors (Lipinski definition) is 4. The van der Waals surface area contributed by atoms with Gasteiger partial charge in [0.2, 0.25) is 0 Å². The van der Waals surface area contributed by atoms with E-state index in [4.69, 9.17) is 14.0 Å². The highest BCUT2D eigenvalue weighted by atomic mass is 31.2. The molecule has 10 heteroatoms. The molecule has 29 heavy (non-hydrogen) atoms. The van der Waals surface area contributed by atoms with Crippen LogP contribution in [0.4, 0.5) is 0 Å². The average Bonchev–Trinajstić information content (AvgIpc) is 2.92. The van der Waals surface area contributed by atoms with Crippen LogP contribution in [-0.4, -0.2) is 57.0 Å². The third-order valence-electron chi connectivity index (χ3n) is 5.58. The second-order valence-corrected chi connectivity index (χ2v) is 10.0. The number of aryl methyl sites for hydroxylation is 2. The number of rotatable bonds is 8. The van der Waals surface area contributed by atoms with Gasteiger partial charge in [-0.3, -0.25) is 9.36 Å². The molecule has 0 amide bonds. The molecule has 2 heterocycles. The molecule has 1 saturated heterocycles. The van der Waals surface area contributed by atoms with Crippen molar-refractivity contribution in [3.05, 3.63) is 33.2 Å². The molecule has 0 aliphatic carbocycles. The van der Waals surface area contributed by atoms with Gasteiger partial charge >= 0.3 is 7.60 Å². The van der Waals surface area contributed by atoms with Crippen molar-refractivity contribution in [2.24, 2.45) is 0 Å². The summed E-state index contributed by atoms with van der Waals surface area (Å²) in [5.74, 6) is -1.53. The fraction of sp³-hybridized carbons (Fsp3) is 0.737. The molecule has 0 spiro atoms. The standard InChI is InChI=1S/C19H32NO8P/c1-7-19(5,28-29(24,25)12(4)21)9-14-15(22)17(26-6)16(27-14)13-8-10(2)18(23)20-11(13)3/h8,12,14-17,21-22H,7,9H2,1-6H3,(H,20,23)(H,24,25)/t12?,14-,15?,16+,17+,19?/m1/s1. The van der Waals surface area contributed by atoms with E-state index >= 15 is 0 Å². The topological polar surface area (TPSA) is 138 Å². The van der Waals surface area contributed by atoms with Crippen LogP contribution in [0.25, 0.3) is 0 Å². The van der Waals surface area contributed by atoms with Gasteiger partial charge in [0.1, 0.15) is 18.3 Å². The lowest BCUT2D eigenvalue weighted by atomic mass is 9.92. The number of aromatic nitrogens is 1. The Labute approximate surface area is 170 Å². The van der Waals surface area contributed by atoms with E-state index in [9.17, 15) is 24.5 Å². The first-order valence-electron chi connectivity index (χ1n) is 9.63. The van der Waals surface area contributed by atoms with Gasteiger partial charge in [0.15, 0.2) is 5.85 Å². The fourth-order valence-electron chi connectivity index (χ4n) is 3.53. The summed E-state index contributed by atoms with van der Waals surface area (Å²) < 4.78 is 29.2. The third kappa shape index (κ3) is 5.17. The van der Waals surface area contributed by atoms with E-state index in [0.29, 0.717) is 23.2 Å². The molecule has 2 rings (SSSR count). The van der Waals surface area contributed by atoms with Crippen molar-refractivity contribution in [1.82, 2.24) is 4.98 Å². The van der Waals surface area contributed by atoms with Crippen LogP contribution < -0.4 is 5.56 Å². The van der Waals surface area contributed by atoms with Gasteiger partial charge in [-0.2, -0.15) is 0 Å². The van der Waals surface area contributed by atoms with Gasteiger partial charge in [-0.15, -0.1) is 0 Å². The van der Waals surface area contributed by atoms with Crippen molar-refractivity contribution >= 4 is 7.60 Å². The van der Waals surface area contributed by atoms with Crippen LogP contribution in [0.3, 0.4) is 0 Å². The molecule has 9 nitrogen and oxygen atoms in total. The first-order chi connectivity index (χ1) is 13.3. The predicted molar refractivity (Wildman–Crippen MR) is 107 cm³/mol. The predicted octanol–water partition coefficient (Wildman–Crippen LogP) is 1.91. The van der Waals surface area contributed by atoms with Gasteiger partial charge in [0.25, 0.3) is 5.56 Å². The van der Waals surface area contributed by atoms with Gasteiger partial charge in [-0.1, -0.05) is 6.92 Å². The number of methoxy groups -OCH3 is 1. The summed E-state index contributed by atoms with van der Waals surface area (Å²) in [6.45, 7) is 8.04. The van der Waals surface area contributed by atoms with Crippen molar-refractivity contribution in [1.29, 1.82) is 0 Å². The molecule has 1 aliphatic rings. The maximum Gasteiger partial charge on any atom is 0.356 e. The summed E-state index contributed by atoms with van der Waals surface area (Å²) in [5, 5.41) is 20.3. The van der Waals surface area contributed by atoms with Crippen molar-refractivity contribution in [2.45, 2.75) is 83.3 Å². The zero-order valence-electron chi connectivity index (χ0n) is 17.7. The van der Waals surface area contributed by atoms with Crippen LogP contribution in [0.15, 0.2) is 10.9 Å². The SMILES string of the molecule is CCC(C)(C[C@H]1O[C@@H](c2cc(C)c(=O)[nH]c2C)[C@@H](OC)C1O)OP(=O)(O)C(C)O. The summed E-state index contributed by atoms with van der Waals surface area (Å²) in [7, 11) is -2.78. The molecule has 0 aromatic carbocycles. The maximum atomic E-state index is 12.2. The maximum absolute atomic E-state index is 12.2. The summed E-state index contributed by atoms with van der Waals surface area (Å²) in [4.78, 5) is 24.5. The van der Waals surface area contributed by atoms with Crippen molar-refractivity contribution in [3.8, 4) is 0 Å². The second-order valence-electron chi connectivity index (χ2n) is 7.94. The van der Waals surface area contributed by atoms with E-state index in [2.05, 4.69) is 4.98 Å². The number of aliphatic hydroxyl groups excluding tert-OH is 2. The van der Waals surface area contributed by atoms with E-state index in [-0.39, 0.29) is 12.0 Å². The number of ether oxygens (including phenoxy) is 2. The van der Waals surface area contributed by atoms with E-state index in [1.807, 2.05) is 0 Å². The second kappa shape index (κ2) is 8.98. The summed E-state index contributed by atoms with van der Waals surface area (Å²) in [6, 6.07) is 1.71. The van der Waals surface area contributed by atoms with Gasteiger partial charge in [0.05, 0.1) is 11.7 Å². The minimum absolute atomic E-state index is 0.111. The van der Waals surface area contributed by atoms with Crippen molar-refractivity contribution < 1.29 is 33.7 Å². The summed E-state index contributed by atoms with van der Waals surface area (Å²) in [6.07, 6.45) is -2.61. The highest BCUT2D eigenvalue weighted by molar-refractivity contribution is 7.53. The quantitative estimate of drug-likeness (QED) is 0.456. The van der Waals surface area contributed by atoms with E-state index in [1.165, 1.54) is 14.0 Å². The molecule has 0 bridgehead atoms. The fourth-order valence-corrected chi connectivity index (χ4v) is 4.51. The Morgan fingerprint density at radius 3 is 2.55 bits per heavy atom. The molecule has 7 atom stereocenters. The van der Waals surface area contributed by atoms with E-state index in [0.717, 1.165) is 0 Å². The monoisotopic (exact) mass is 433 g/mol. The molecular weight excluding hydrogens is 401 g/mol. The number of pyridine rings is 1. The lowest BCUT2D eigenvalue weighted by Gasteiger charge is -2.34. The Morgan fingerprint density at radius 2 is 2.03 bits per heavy atom. The van der Waals surface area contributed by atoms with E-state index in [1.54, 1.807) is 33.8 Å². The molecule has 1 aliphatic heterocycles. The molecule has 0 saturated carbocycles. The van der Waals surface area contributed by atoms with E-state index < -0.39 is 43.5 Å². The Kier molecular flexibility index (Phi) is 7.49. The zero-order chi connectivity index (χ0) is 22.1. The summed E-state index contributed by atoms with van der Waals surface area (Å²) in [5.41, 5.74) is 0.521. The average molecular weight is 433 g/mol. The Balaban J connectivity index is 2.30. The number of hydrogen-bond acceptors (Lipinski definition) is 7. The molecule has 1 fully saturated rings. The highest BCUT2D eigenvalue weighted by Gasteiger charge is 2.49. The Morgan fingerprint density at radius 1 is 1.41 bits per heavy atom. The van der Waals surface area contributed by atoms with Crippen LogP contribution in [0.1, 0.15) is 56.5 Å². The first kappa shape index (κ1) is 24.2. The van der Waals surface area contributed by atoms with Crippen LogP contribution in [0.5, 0.6) is 0 Å². The normalized spacial score (nSPS) is 30.0. The Bertz CT molecular complexity index is 825. The minimum Gasteiger partial charge on any atom is -0.388 e. The number of nitrogens with one attached hydrogen (secondary N) is 1. The van der Waals surface area contributed by atoms with Gasteiger partial charge in [-0.25, -0.2) is 0 Å². The van der Waals surface area contributed by atoms with Gasteiger partial charge in [0, 0.05) is 30.4 Å².